The quantitative estimate of drug-likeness (QED) is 0.368. The van der Waals surface area contributed by atoms with E-state index in [0.717, 1.165) is 0 Å². The number of fused-ring (bicyclic) bond motifs is 2. The van der Waals surface area contributed by atoms with Crippen LogP contribution in [0.4, 0.5) is 0 Å². The van der Waals surface area contributed by atoms with Gasteiger partial charge >= 0.3 is 192 Å². The Hall–Kier alpha value is -1.35. The van der Waals surface area contributed by atoms with Crippen molar-refractivity contribution in [3.63, 3.8) is 0 Å². The molecule has 2 aliphatic carbocycles. The van der Waals surface area contributed by atoms with Crippen LogP contribution in [0.5, 0.6) is 0 Å². The largest absolute Gasteiger partial charge is 1.00 e. The fourth-order valence-electron chi connectivity index (χ4n) is 4.99. The first kappa shape index (κ1) is 25.3. The molecule has 2 aromatic carbocycles. The third-order valence-corrected chi connectivity index (χ3v) is 13.1. The fourth-order valence-corrected chi connectivity index (χ4v) is 11.3. The smallest absolute Gasteiger partial charge is 1.00 e. The molecule has 0 aliphatic heterocycles. The molecule has 1 nitrogen and oxygen atoms in total. The number of halogens is 2. The van der Waals surface area contributed by atoms with Gasteiger partial charge in [0.25, 0.3) is 0 Å². The molecular formula is C28H29Cl2HfN. The molecule has 164 valence electrons. The van der Waals surface area contributed by atoms with E-state index in [4.69, 9.17) is 0 Å². The van der Waals surface area contributed by atoms with Gasteiger partial charge in [-0.1, -0.05) is 0 Å². The molecule has 1 aromatic heterocycles. The van der Waals surface area contributed by atoms with Crippen molar-refractivity contribution in [1.82, 2.24) is 4.57 Å². The van der Waals surface area contributed by atoms with Crippen molar-refractivity contribution < 1.29 is 47.7 Å². The predicted molar refractivity (Wildman–Crippen MR) is 125 cm³/mol. The Morgan fingerprint density at radius 2 is 1.75 bits per heavy atom. The third kappa shape index (κ3) is 4.39. The van der Waals surface area contributed by atoms with Gasteiger partial charge in [-0.15, -0.1) is 0 Å². The van der Waals surface area contributed by atoms with Gasteiger partial charge in [-0.25, -0.2) is 0 Å². The summed E-state index contributed by atoms with van der Waals surface area (Å²) in [5.74, 6) is 0. The molecule has 1 atom stereocenters. The van der Waals surface area contributed by atoms with Crippen molar-refractivity contribution in [2.24, 2.45) is 0 Å². The fraction of sp³-hybridized carbons (Fsp3) is 0.286. The maximum absolute atomic E-state index is 2.58. The number of unbranched alkanes of at least 4 members (excludes halogenated alkanes) is 1. The van der Waals surface area contributed by atoms with Gasteiger partial charge in [-0.2, -0.15) is 0 Å². The summed E-state index contributed by atoms with van der Waals surface area (Å²) < 4.78 is 5.03. The number of aromatic nitrogens is 1. The minimum Gasteiger partial charge on any atom is -1.00 e. The molecule has 0 bridgehead atoms. The number of rotatable bonds is 6. The van der Waals surface area contributed by atoms with E-state index in [1.54, 1.807) is 11.1 Å². The standard InChI is InChI=1S/C19H16N.C9H13.2ClH.Hf/c1-13-14(2)20(19-10-6-5-9-18(13)19)17-11-15-7-3-4-8-16(15)12-17;1-2-3-6-9-7-4-5-8-9;;;/h3-12H,1-2H3;4,7H,2-3,5-6H2,1H3;2*1H;/q;;;;+2/p-2. The summed E-state index contributed by atoms with van der Waals surface area (Å²) >= 11 is -1.09. The third-order valence-electron chi connectivity index (χ3n) is 6.74. The summed E-state index contributed by atoms with van der Waals surface area (Å²) in [6, 6.07) is 18.1. The van der Waals surface area contributed by atoms with E-state index in [9.17, 15) is 0 Å². The summed E-state index contributed by atoms with van der Waals surface area (Å²) in [4.78, 5) is 0. The monoisotopic (exact) mass is 629 g/mol. The number of benzene rings is 2. The predicted octanol–water partition coefficient (Wildman–Crippen LogP) is 1.81. The molecule has 0 N–H and O–H groups in total. The van der Waals surface area contributed by atoms with Crippen LogP contribution in [-0.2, 0) is 22.9 Å². The van der Waals surface area contributed by atoms with Crippen LogP contribution in [-0.4, -0.2) is 4.57 Å². The number of nitrogens with zero attached hydrogens (tertiary/aromatic N) is 1. The van der Waals surface area contributed by atoms with Crippen LogP contribution in [0.15, 0.2) is 69.6 Å². The van der Waals surface area contributed by atoms with Crippen LogP contribution in [0.25, 0.3) is 22.7 Å². The number of hydrogen-bond acceptors (Lipinski definition) is 0. The Bertz CT molecular complexity index is 1220. The second-order valence-corrected chi connectivity index (χ2v) is 13.8. The van der Waals surface area contributed by atoms with Gasteiger partial charge in [0, 0.05) is 0 Å². The second kappa shape index (κ2) is 10.7. The topological polar surface area (TPSA) is 4.93 Å². The molecule has 0 amide bonds. The van der Waals surface area contributed by atoms with Crippen LogP contribution in [0.2, 0.25) is 0 Å². The molecule has 0 fully saturated rings. The Labute approximate surface area is 215 Å². The van der Waals surface area contributed by atoms with E-state index in [1.807, 2.05) is 3.33 Å². The van der Waals surface area contributed by atoms with Crippen LogP contribution in [0.3, 0.4) is 0 Å². The molecule has 32 heavy (non-hydrogen) atoms. The molecular weight excluding hydrogens is 600 g/mol. The van der Waals surface area contributed by atoms with E-state index in [2.05, 4.69) is 92.1 Å². The van der Waals surface area contributed by atoms with E-state index in [1.165, 1.54) is 59.1 Å². The van der Waals surface area contributed by atoms with Crippen molar-refractivity contribution in [1.29, 1.82) is 0 Å². The average molecular weight is 629 g/mol. The Morgan fingerprint density at radius 1 is 1.00 bits per heavy atom. The summed E-state index contributed by atoms with van der Waals surface area (Å²) in [5.41, 5.74) is 10.4. The van der Waals surface area contributed by atoms with Gasteiger partial charge in [0.15, 0.2) is 0 Å². The Morgan fingerprint density at radius 3 is 2.56 bits per heavy atom. The maximum Gasteiger partial charge on any atom is -1.00 e. The van der Waals surface area contributed by atoms with Gasteiger partial charge in [0.2, 0.25) is 0 Å². The number of allylic oxidation sites excluding steroid dienone is 5. The molecule has 2 aliphatic rings. The van der Waals surface area contributed by atoms with Gasteiger partial charge in [-0.05, 0) is 0 Å². The second-order valence-electron chi connectivity index (χ2n) is 8.55. The van der Waals surface area contributed by atoms with E-state index < -0.39 is 22.9 Å². The number of para-hydroxylation sites is 1. The summed E-state index contributed by atoms with van der Waals surface area (Å²) in [7, 11) is 0. The average Bonchev–Trinajstić information content (AvgIpc) is 3.43. The zero-order valence-corrected chi connectivity index (χ0v) is 24.1. The first-order valence-corrected chi connectivity index (χ1v) is 15.1. The Kier molecular flexibility index (Phi) is 8.47. The molecule has 0 saturated heterocycles. The first-order chi connectivity index (χ1) is 14.7. The van der Waals surface area contributed by atoms with Crippen LogP contribution < -0.4 is 24.8 Å². The Balaban J connectivity index is 0.00000144. The van der Waals surface area contributed by atoms with Crippen LogP contribution in [0, 0.1) is 13.8 Å². The molecule has 1 unspecified atom stereocenters. The van der Waals surface area contributed by atoms with Gasteiger partial charge in [0.05, 0.1) is 0 Å². The van der Waals surface area contributed by atoms with E-state index in [0.29, 0.717) is 3.67 Å². The molecule has 4 heteroatoms. The van der Waals surface area contributed by atoms with Crippen LogP contribution >= 0.6 is 0 Å². The van der Waals surface area contributed by atoms with Gasteiger partial charge in [-0.3, -0.25) is 0 Å². The van der Waals surface area contributed by atoms with E-state index in [-0.39, 0.29) is 24.8 Å². The first-order valence-electron chi connectivity index (χ1n) is 11.2. The zero-order chi connectivity index (χ0) is 20.7. The molecule has 0 radical (unpaired) electrons. The van der Waals surface area contributed by atoms with Gasteiger partial charge in [0.1, 0.15) is 0 Å². The molecule has 0 saturated carbocycles. The van der Waals surface area contributed by atoms with Crippen molar-refractivity contribution in [2.75, 3.05) is 0 Å². The maximum atomic E-state index is 2.58. The normalized spacial score (nSPS) is 16.5. The van der Waals surface area contributed by atoms with Crippen molar-refractivity contribution in [2.45, 2.75) is 50.1 Å². The SMILES string of the molecule is CCCCC1=[C]([Hf+2][CH]2C(n3c(C)c(C)c4ccccc43)=Cc3ccccc32)CC=C1.[Cl-].[Cl-]. The van der Waals surface area contributed by atoms with Crippen molar-refractivity contribution >= 4 is 22.7 Å². The molecule has 1 heterocycles. The molecule has 0 spiro atoms. The number of hydrogen-bond donors (Lipinski definition) is 0. The molecule has 5 rings (SSSR count). The van der Waals surface area contributed by atoms with Gasteiger partial charge < -0.3 is 24.8 Å². The van der Waals surface area contributed by atoms with Crippen LogP contribution in [0.1, 0.15) is 58.7 Å². The summed E-state index contributed by atoms with van der Waals surface area (Å²) in [6.45, 7) is 6.88. The number of aryl methyl sites for hydroxylation is 1. The van der Waals surface area contributed by atoms with Crippen molar-refractivity contribution in [3.05, 3.63) is 92.0 Å². The minimum absolute atomic E-state index is 0. The minimum atomic E-state index is -1.09. The van der Waals surface area contributed by atoms with E-state index >= 15 is 0 Å². The molecule has 3 aromatic rings. The summed E-state index contributed by atoms with van der Waals surface area (Å²) in [5, 5.41) is 1.39. The van der Waals surface area contributed by atoms with Crippen molar-refractivity contribution in [3.8, 4) is 0 Å². The zero-order valence-electron chi connectivity index (χ0n) is 19.0. The summed E-state index contributed by atoms with van der Waals surface area (Å²) in [6.07, 6.45) is 12.4.